The Morgan fingerprint density at radius 1 is 1.33 bits per heavy atom. The SMILES string of the molecule is C[C@@H]1CC(=O)N2CCCc3c([nH]c4ccccc34)[C@]2(C)C1. The first kappa shape index (κ1) is 12.9. The number of hydrogen-bond donors (Lipinski definition) is 1. The number of amides is 1. The molecule has 2 aromatic rings. The molecule has 3 nitrogen and oxygen atoms in total. The molecule has 110 valence electrons. The maximum Gasteiger partial charge on any atom is 0.223 e. The average Bonchev–Trinajstić information content (AvgIpc) is 2.74. The van der Waals surface area contributed by atoms with Gasteiger partial charge in [-0.3, -0.25) is 4.79 Å². The van der Waals surface area contributed by atoms with Crippen molar-refractivity contribution >= 4 is 16.8 Å². The van der Waals surface area contributed by atoms with Crippen molar-refractivity contribution in [2.75, 3.05) is 6.54 Å². The van der Waals surface area contributed by atoms with Crippen molar-refractivity contribution in [3.05, 3.63) is 35.5 Å². The van der Waals surface area contributed by atoms with Crippen molar-refractivity contribution in [1.82, 2.24) is 9.88 Å². The highest BCUT2D eigenvalue weighted by atomic mass is 16.2. The van der Waals surface area contributed by atoms with E-state index in [2.05, 4.69) is 48.0 Å². The molecular formula is C18H22N2O. The third kappa shape index (κ3) is 1.76. The van der Waals surface area contributed by atoms with Gasteiger partial charge in [0.1, 0.15) is 0 Å². The number of fused-ring (bicyclic) bond motifs is 5. The Bertz CT molecular complexity index is 717. The van der Waals surface area contributed by atoms with E-state index in [1.165, 1.54) is 22.2 Å². The summed E-state index contributed by atoms with van der Waals surface area (Å²) in [6.45, 7) is 5.34. The number of piperidine rings is 1. The minimum absolute atomic E-state index is 0.167. The minimum Gasteiger partial charge on any atom is -0.356 e. The average molecular weight is 282 g/mol. The van der Waals surface area contributed by atoms with Gasteiger partial charge in [0.05, 0.1) is 5.54 Å². The van der Waals surface area contributed by atoms with Crippen LogP contribution < -0.4 is 0 Å². The highest BCUT2D eigenvalue weighted by Gasteiger charge is 2.45. The zero-order valence-electron chi connectivity index (χ0n) is 12.8. The normalized spacial score (nSPS) is 29.1. The molecule has 0 saturated carbocycles. The zero-order chi connectivity index (χ0) is 14.6. The van der Waals surface area contributed by atoms with Crippen molar-refractivity contribution in [1.29, 1.82) is 0 Å². The fourth-order valence-corrected chi connectivity index (χ4v) is 4.49. The van der Waals surface area contributed by atoms with Gasteiger partial charge in [-0.2, -0.15) is 0 Å². The molecule has 2 aliphatic heterocycles. The van der Waals surface area contributed by atoms with Crippen LogP contribution in [0.15, 0.2) is 24.3 Å². The highest BCUT2D eigenvalue weighted by Crippen LogP contribution is 2.45. The molecular weight excluding hydrogens is 260 g/mol. The standard InChI is InChI=1S/C18H22N2O/c1-12-10-16(21)20-9-5-7-14-13-6-3-4-8-15(13)19-17(14)18(20,2)11-12/h3-4,6,8,12,19H,5,7,9-11H2,1-2H3/t12-,18+/m1/s1. The van der Waals surface area contributed by atoms with Crippen LogP contribution in [-0.2, 0) is 16.8 Å². The fraction of sp³-hybridized carbons (Fsp3) is 0.500. The van der Waals surface area contributed by atoms with E-state index < -0.39 is 0 Å². The number of rotatable bonds is 0. The van der Waals surface area contributed by atoms with Gasteiger partial charge in [-0.15, -0.1) is 0 Å². The lowest BCUT2D eigenvalue weighted by Crippen LogP contribution is -2.52. The molecule has 0 bridgehead atoms. The second-order valence-electron chi connectivity index (χ2n) is 6.96. The van der Waals surface area contributed by atoms with E-state index in [9.17, 15) is 4.79 Å². The number of aromatic nitrogens is 1. The first-order valence-electron chi connectivity index (χ1n) is 8.00. The molecule has 1 saturated heterocycles. The molecule has 21 heavy (non-hydrogen) atoms. The number of aromatic amines is 1. The van der Waals surface area contributed by atoms with Crippen LogP contribution >= 0.6 is 0 Å². The zero-order valence-corrected chi connectivity index (χ0v) is 12.8. The van der Waals surface area contributed by atoms with Crippen LogP contribution in [0.2, 0.25) is 0 Å². The molecule has 0 spiro atoms. The first-order valence-corrected chi connectivity index (χ1v) is 8.00. The second-order valence-corrected chi connectivity index (χ2v) is 6.96. The van der Waals surface area contributed by atoms with Crippen LogP contribution in [0, 0.1) is 5.92 Å². The lowest BCUT2D eigenvalue weighted by molar-refractivity contribution is -0.144. The summed E-state index contributed by atoms with van der Waals surface area (Å²) in [7, 11) is 0. The molecule has 0 aliphatic carbocycles. The summed E-state index contributed by atoms with van der Waals surface area (Å²) in [6, 6.07) is 8.53. The van der Waals surface area contributed by atoms with Crippen LogP contribution in [0.1, 0.15) is 44.4 Å². The number of nitrogens with zero attached hydrogens (tertiary/aromatic N) is 1. The predicted molar refractivity (Wildman–Crippen MR) is 84.1 cm³/mol. The van der Waals surface area contributed by atoms with Crippen LogP contribution in [-0.4, -0.2) is 22.3 Å². The minimum atomic E-state index is -0.167. The largest absolute Gasteiger partial charge is 0.356 e. The Morgan fingerprint density at radius 2 is 2.14 bits per heavy atom. The van der Waals surface area contributed by atoms with E-state index in [0.717, 1.165) is 25.8 Å². The van der Waals surface area contributed by atoms with Crippen molar-refractivity contribution < 1.29 is 4.79 Å². The molecule has 2 aliphatic rings. The van der Waals surface area contributed by atoms with Gasteiger partial charge < -0.3 is 9.88 Å². The lowest BCUT2D eigenvalue weighted by Gasteiger charge is -2.46. The quantitative estimate of drug-likeness (QED) is 0.787. The van der Waals surface area contributed by atoms with Gasteiger partial charge in [-0.1, -0.05) is 25.1 Å². The molecule has 2 atom stereocenters. The third-order valence-electron chi connectivity index (χ3n) is 5.33. The molecule has 1 aromatic heterocycles. The summed E-state index contributed by atoms with van der Waals surface area (Å²) in [5, 5.41) is 1.33. The number of hydrogen-bond acceptors (Lipinski definition) is 1. The summed E-state index contributed by atoms with van der Waals surface area (Å²) in [4.78, 5) is 18.3. The summed E-state index contributed by atoms with van der Waals surface area (Å²) in [5.41, 5.74) is 3.74. The number of H-pyrrole nitrogens is 1. The lowest BCUT2D eigenvalue weighted by atomic mass is 9.79. The maximum atomic E-state index is 12.5. The van der Waals surface area contributed by atoms with E-state index in [1.807, 2.05) is 0 Å². The van der Waals surface area contributed by atoms with Gasteiger partial charge in [0, 0.05) is 29.6 Å². The summed E-state index contributed by atoms with van der Waals surface area (Å²) >= 11 is 0. The monoisotopic (exact) mass is 282 g/mol. The number of aryl methyl sites for hydroxylation is 1. The van der Waals surface area contributed by atoms with E-state index in [0.29, 0.717) is 18.2 Å². The smallest absolute Gasteiger partial charge is 0.223 e. The molecule has 1 amide bonds. The van der Waals surface area contributed by atoms with Gasteiger partial charge in [0.15, 0.2) is 0 Å². The Labute approximate surface area is 125 Å². The van der Waals surface area contributed by atoms with Crippen molar-refractivity contribution in [3.8, 4) is 0 Å². The molecule has 4 rings (SSSR count). The Kier molecular flexibility index (Phi) is 2.69. The molecule has 3 heteroatoms. The Balaban J connectivity index is 1.96. The molecule has 1 fully saturated rings. The number of benzene rings is 1. The number of para-hydroxylation sites is 1. The maximum absolute atomic E-state index is 12.5. The first-order chi connectivity index (χ1) is 10.1. The van der Waals surface area contributed by atoms with Crippen molar-refractivity contribution in [2.45, 2.75) is 45.1 Å². The van der Waals surface area contributed by atoms with Crippen LogP contribution in [0.3, 0.4) is 0 Å². The number of carbonyl (C=O) groups excluding carboxylic acids is 1. The Hall–Kier alpha value is -1.77. The second kappa shape index (κ2) is 4.36. The Morgan fingerprint density at radius 3 is 3.00 bits per heavy atom. The summed E-state index contributed by atoms with van der Waals surface area (Å²) in [6.07, 6.45) is 3.88. The highest BCUT2D eigenvalue weighted by molar-refractivity contribution is 5.86. The van der Waals surface area contributed by atoms with Gasteiger partial charge in [-0.25, -0.2) is 0 Å². The van der Waals surface area contributed by atoms with E-state index >= 15 is 0 Å². The fourth-order valence-electron chi connectivity index (χ4n) is 4.49. The predicted octanol–water partition coefficient (Wildman–Crippen LogP) is 3.59. The summed E-state index contributed by atoms with van der Waals surface area (Å²) < 4.78 is 0. The van der Waals surface area contributed by atoms with Gasteiger partial charge in [0.25, 0.3) is 0 Å². The van der Waals surface area contributed by atoms with Gasteiger partial charge >= 0.3 is 0 Å². The topological polar surface area (TPSA) is 36.1 Å². The van der Waals surface area contributed by atoms with Crippen molar-refractivity contribution in [3.63, 3.8) is 0 Å². The van der Waals surface area contributed by atoms with Gasteiger partial charge in [-0.05, 0) is 43.7 Å². The van der Waals surface area contributed by atoms with Gasteiger partial charge in [0.2, 0.25) is 5.91 Å². The van der Waals surface area contributed by atoms with E-state index in [1.54, 1.807) is 0 Å². The van der Waals surface area contributed by atoms with Crippen molar-refractivity contribution in [2.24, 2.45) is 5.92 Å². The van der Waals surface area contributed by atoms with Crippen LogP contribution in [0.25, 0.3) is 10.9 Å². The van der Waals surface area contributed by atoms with Crippen LogP contribution in [0.5, 0.6) is 0 Å². The van der Waals surface area contributed by atoms with E-state index in [-0.39, 0.29) is 5.54 Å². The van der Waals surface area contributed by atoms with Crippen LogP contribution in [0.4, 0.5) is 0 Å². The third-order valence-corrected chi connectivity index (χ3v) is 5.33. The number of carbonyl (C=O) groups is 1. The molecule has 1 aromatic carbocycles. The summed E-state index contributed by atoms with van der Waals surface area (Å²) in [5.74, 6) is 0.777. The molecule has 1 N–H and O–H groups in total. The van der Waals surface area contributed by atoms with E-state index in [4.69, 9.17) is 0 Å². The number of nitrogens with one attached hydrogen (secondary N) is 1. The molecule has 3 heterocycles. The molecule has 0 radical (unpaired) electrons. The molecule has 0 unspecified atom stereocenters.